The topological polar surface area (TPSA) is 50.9 Å². The molecule has 0 aromatic carbocycles. The summed E-state index contributed by atoms with van der Waals surface area (Å²) >= 11 is 0. The van der Waals surface area contributed by atoms with Crippen molar-refractivity contribution >= 4 is 6.09 Å². The van der Waals surface area contributed by atoms with Gasteiger partial charge in [-0.15, -0.1) is 0 Å². The van der Waals surface area contributed by atoms with Gasteiger partial charge in [0.25, 0.3) is 0 Å². The molecule has 1 rings (SSSR count). The maximum atomic E-state index is 11.2. The van der Waals surface area contributed by atoms with Gasteiger partial charge in [-0.25, -0.2) is 4.79 Å². The molecule has 15 heavy (non-hydrogen) atoms. The molecule has 0 aromatic heterocycles. The standard InChI is InChI=1S/C11H21NO3/c1-10(2,3)15-9(13)12-7-5-6-11(4)8-14-11/h5-8H2,1-4H3,(H,12,13). The molecule has 0 spiro atoms. The van der Waals surface area contributed by atoms with Crippen LogP contribution in [0.25, 0.3) is 0 Å². The van der Waals surface area contributed by atoms with E-state index >= 15 is 0 Å². The normalized spacial score (nSPS) is 24.8. The van der Waals surface area contributed by atoms with Crippen molar-refractivity contribution in [2.24, 2.45) is 0 Å². The molecule has 1 aliphatic heterocycles. The molecule has 1 saturated heterocycles. The molecule has 0 aliphatic carbocycles. The lowest BCUT2D eigenvalue weighted by Crippen LogP contribution is -2.33. The summed E-state index contributed by atoms with van der Waals surface area (Å²) < 4.78 is 10.3. The molecule has 1 heterocycles. The van der Waals surface area contributed by atoms with Gasteiger partial charge in [0, 0.05) is 6.54 Å². The minimum Gasteiger partial charge on any atom is -0.444 e. The largest absolute Gasteiger partial charge is 0.444 e. The Kier molecular flexibility index (Phi) is 3.60. The number of nitrogens with one attached hydrogen (secondary N) is 1. The van der Waals surface area contributed by atoms with Crippen LogP contribution in [0, 0.1) is 0 Å². The third kappa shape index (κ3) is 5.62. The Labute approximate surface area is 91.3 Å². The van der Waals surface area contributed by atoms with Crippen molar-refractivity contribution in [1.29, 1.82) is 0 Å². The van der Waals surface area contributed by atoms with Crippen LogP contribution in [0.3, 0.4) is 0 Å². The molecule has 0 radical (unpaired) electrons. The molecule has 1 fully saturated rings. The molecular formula is C11H21NO3. The van der Waals surface area contributed by atoms with Crippen LogP contribution < -0.4 is 5.32 Å². The summed E-state index contributed by atoms with van der Waals surface area (Å²) in [6.45, 7) is 9.14. The summed E-state index contributed by atoms with van der Waals surface area (Å²) in [5, 5.41) is 2.72. The Bertz CT molecular complexity index is 228. The van der Waals surface area contributed by atoms with Gasteiger partial charge in [-0.3, -0.25) is 0 Å². The fourth-order valence-corrected chi connectivity index (χ4v) is 1.23. The maximum Gasteiger partial charge on any atom is 0.407 e. The SMILES string of the molecule is CC(C)(C)OC(=O)NCCCC1(C)CO1. The Hall–Kier alpha value is -0.770. The van der Waals surface area contributed by atoms with E-state index in [1.165, 1.54) is 0 Å². The number of hydrogen-bond acceptors (Lipinski definition) is 3. The first-order valence-electron chi connectivity index (χ1n) is 5.42. The van der Waals surface area contributed by atoms with Crippen molar-refractivity contribution in [1.82, 2.24) is 5.32 Å². The summed E-state index contributed by atoms with van der Waals surface area (Å²) in [6.07, 6.45) is 1.57. The molecule has 0 aromatic rings. The van der Waals surface area contributed by atoms with Gasteiger partial charge in [0.1, 0.15) is 5.60 Å². The summed E-state index contributed by atoms with van der Waals surface area (Å²) in [5.74, 6) is 0. The number of carbonyl (C=O) groups is 1. The monoisotopic (exact) mass is 215 g/mol. The van der Waals surface area contributed by atoms with E-state index < -0.39 is 5.60 Å². The lowest BCUT2D eigenvalue weighted by Gasteiger charge is -2.19. The summed E-state index contributed by atoms with van der Waals surface area (Å²) in [7, 11) is 0. The highest BCUT2D eigenvalue weighted by Gasteiger charge is 2.38. The highest BCUT2D eigenvalue weighted by atomic mass is 16.6. The number of rotatable bonds is 4. The van der Waals surface area contributed by atoms with E-state index in [4.69, 9.17) is 9.47 Å². The number of amides is 1. The number of alkyl carbamates (subject to hydrolysis) is 1. The van der Waals surface area contributed by atoms with E-state index in [9.17, 15) is 4.79 Å². The van der Waals surface area contributed by atoms with E-state index in [2.05, 4.69) is 12.2 Å². The lowest BCUT2D eigenvalue weighted by atomic mass is 10.1. The predicted octanol–water partition coefficient (Wildman–Crippen LogP) is 2.08. The predicted molar refractivity (Wildman–Crippen MR) is 57.8 cm³/mol. The average Bonchev–Trinajstić information content (AvgIpc) is 2.75. The second-order valence-corrected chi connectivity index (χ2v) is 5.27. The zero-order valence-corrected chi connectivity index (χ0v) is 10.1. The first-order chi connectivity index (χ1) is 6.81. The average molecular weight is 215 g/mol. The lowest BCUT2D eigenvalue weighted by molar-refractivity contribution is 0.0526. The van der Waals surface area contributed by atoms with Gasteiger partial charge < -0.3 is 14.8 Å². The van der Waals surface area contributed by atoms with Gasteiger partial charge in [-0.2, -0.15) is 0 Å². The number of carbonyl (C=O) groups excluding carboxylic acids is 1. The smallest absolute Gasteiger partial charge is 0.407 e. The van der Waals surface area contributed by atoms with Gasteiger partial charge in [0.05, 0.1) is 12.2 Å². The molecule has 1 N–H and O–H groups in total. The van der Waals surface area contributed by atoms with Crippen LogP contribution in [0.4, 0.5) is 4.79 Å². The summed E-state index contributed by atoms with van der Waals surface area (Å²) in [6, 6.07) is 0. The molecule has 0 bridgehead atoms. The van der Waals surface area contributed by atoms with Crippen LogP contribution in [0.1, 0.15) is 40.5 Å². The van der Waals surface area contributed by atoms with Crippen LogP contribution in [0.15, 0.2) is 0 Å². The third-order valence-corrected chi connectivity index (χ3v) is 2.19. The molecule has 0 saturated carbocycles. The van der Waals surface area contributed by atoms with Crippen LogP contribution >= 0.6 is 0 Å². The van der Waals surface area contributed by atoms with E-state index in [1.807, 2.05) is 20.8 Å². The van der Waals surface area contributed by atoms with E-state index in [0.29, 0.717) is 6.54 Å². The van der Waals surface area contributed by atoms with Crippen molar-refractivity contribution in [3.05, 3.63) is 0 Å². The fourth-order valence-electron chi connectivity index (χ4n) is 1.23. The molecule has 88 valence electrons. The fraction of sp³-hybridized carbons (Fsp3) is 0.909. The first-order valence-corrected chi connectivity index (χ1v) is 5.42. The molecule has 1 amide bonds. The first kappa shape index (κ1) is 12.3. The van der Waals surface area contributed by atoms with Gasteiger partial charge in [-0.05, 0) is 40.5 Å². The molecule has 4 nitrogen and oxygen atoms in total. The Balaban J connectivity index is 2.02. The van der Waals surface area contributed by atoms with Gasteiger partial charge in [0.15, 0.2) is 0 Å². The molecule has 1 unspecified atom stereocenters. The van der Waals surface area contributed by atoms with Gasteiger partial charge in [-0.1, -0.05) is 0 Å². The zero-order valence-electron chi connectivity index (χ0n) is 10.1. The number of ether oxygens (including phenoxy) is 2. The van der Waals surface area contributed by atoms with Crippen molar-refractivity contribution in [3.8, 4) is 0 Å². The zero-order chi connectivity index (χ0) is 11.5. The minimum atomic E-state index is -0.421. The summed E-state index contributed by atoms with van der Waals surface area (Å²) in [4.78, 5) is 11.2. The van der Waals surface area contributed by atoms with E-state index in [0.717, 1.165) is 19.4 Å². The van der Waals surface area contributed by atoms with Crippen LogP contribution in [-0.2, 0) is 9.47 Å². The quantitative estimate of drug-likeness (QED) is 0.577. The second kappa shape index (κ2) is 4.39. The van der Waals surface area contributed by atoms with Crippen molar-refractivity contribution in [2.75, 3.05) is 13.2 Å². The van der Waals surface area contributed by atoms with Gasteiger partial charge >= 0.3 is 6.09 Å². The van der Waals surface area contributed by atoms with Crippen LogP contribution in [0.5, 0.6) is 0 Å². The van der Waals surface area contributed by atoms with Gasteiger partial charge in [0.2, 0.25) is 0 Å². The highest BCUT2D eigenvalue weighted by Crippen LogP contribution is 2.30. The number of hydrogen-bond donors (Lipinski definition) is 1. The minimum absolute atomic E-state index is 0.0790. The Morgan fingerprint density at radius 1 is 1.53 bits per heavy atom. The van der Waals surface area contributed by atoms with E-state index in [-0.39, 0.29) is 11.7 Å². The van der Waals surface area contributed by atoms with Crippen molar-refractivity contribution < 1.29 is 14.3 Å². The Morgan fingerprint density at radius 2 is 2.13 bits per heavy atom. The van der Waals surface area contributed by atoms with Crippen LogP contribution in [-0.4, -0.2) is 30.4 Å². The maximum absolute atomic E-state index is 11.2. The van der Waals surface area contributed by atoms with E-state index in [1.54, 1.807) is 0 Å². The molecular weight excluding hydrogens is 194 g/mol. The molecule has 1 atom stereocenters. The second-order valence-electron chi connectivity index (χ2n) is 5.27. The molecule has 1 aliphatic rings. The van der Waals surface area contributed by atoms with Crippen molar-refractivity contribution in [3.63, 3.8) is 0 Å². The summed E-state index contributed by atoms with van der Waals surface area (Å²) in [5.41, 5.74) is -0.342. The highest BCUT2D eigenvalue weighted by molar-refractivity contribution is 5.67. The van der Waals surface area contributed by atoms with Crippen LogP contribution in [0.2, 0.25) is 0 Å². The Morgan fingerprint density at radius 3 is 2.60 bits per heavy atom. The van der Waals surface area contributed by atoms with Crippen molar-refractivity contribution in [2.45, 2.75) is 51.7 Å². The number of epoxide rings is 1. The third-order valence-electron chi connectivity index (χ3n) is 2.19. The molecule has 4 heteroatoms.